The Balaban J connectivity index is 1.50. The van der Waals surface area contributed by atoms with Crippen LogP contribution >= 0.6 is 11.3 Å². The molecule has 0 amide bonds. The van der Waals surface area contributed by atoms with E-state index in [0.29, 0.717) is 12.6 Å². The summed E-state index contributed by atoms with van der Waals surface area (Å²) in [6.45, 7) is 1.76. The maximum Gasteiger partial charge on any atom is 0.137 e. The Morgan fingerprint density at radius 3 is 3.26 bits per heavy atom. The Morgan fingerprint density at radius 2 is 2.47 bits per heavy atom. The van der Waals surface area contributed by atoms with Gasteiger partial charge in [0.15, 0.2) is 0 Å². The number of nitrogens with zero attached hydrogens (tertiary/aromatic N) is 2. The standard InChI is InChI=1S/C14H17N3OS/c1-3-12(9-15-6-1)18-8-5-11-10-19-14(17-11)13-4-2-7-16-13/h1,3,6,9-10,13,16H,2,4-5,7-8H2/t13-/m0/s1. The normalized spacial score (nSPS) is 18.6. The van der Waals surface area contributed by atoms with Gasteiger partial charge in [0.2, 0.25) is 0 Å². The summed E-state index contributed by atoms with van der Waals surface area (Å²) in [5.74, 6) is 0.815. The molecule has 0 aliphatic carbocycles. The first-order valence-electron chi connectivity index (χ1n) is 6.62. The predicted molar refractivity (Wildman–Crippen MR) is 75.5 cm³/mol. The minimum absolute atomic E-state index is 0.470. The molecule has 1 N–H and O–H groups in total. The van der Waals surface area contributed by atoms with Crippen LogP contribution in [0.5, 0.6) is 5.75 Å². The van der Waals surface area contributed by atoms with E-state index in [1.165, 1.54) is 17.8 Å². The minimum atomic E-state index is 0.470. The first-order valence-corrected chi connectivity index (χ1v) is 7.50. The van der Waals surface area contributed by atoms with Crippen molar-refractivity contribution in [2.45, 2.75) is 25.3 Å². The Bertz CT molecular complexity index is 508. The maximum absolute atomic E-state index is 5.63. The van der Waals surface area contributed by atoms with Crippen molar-refractivity contribution in [2.24, 2.45) is 0 Å². The highest BCUT2D eigenvalue weighted by atomic mass is 32.1. The zero-order valence-corrected chi connectivity index (χ0v) is 11.5. The molecular weight excluding hydrogens is 258 g/mol. The van der Waals surface area contributed by atoms with Gasteiger partial charge in [0, 0.05) is 18.0 Å². The number of aromatic nitrogens is 2. The lowest BCUT2D eigenvalue weighted by atomic mass is 10.2. The highest BCUT2D eigenvalue weighted by Gasteiger charge is 2.19. The fourth-order valence-corrected chi connectivity index (χ4v) is 3.16. The highest BCUT2D eigenvalue weighted by molar-refractivity contribution is 7.09. The van der Waals surface area contributed by atoms with E-state index >= 15 is 0 Å². The molecule has 1 aliphatic rings. The molecule has 1 aliphatic heterocycles. The molecule has 100 valence electrons. The molecular formula is C14H17N3OS. The molecule has 2 aromatic rings. The number of ether oxygens (including phenoxy) is 1. The minimum Gasteiger partial charge on any atom is -0.492 e. The fraction of sp³-hybridized carbons (Fsp3) is 0.429. The Morgan fingerprint density at radius 1 is 1.47 bits per heavy atom. The van der Waals surface area contributed by atoms with E-state index in [1.54, 1.807) is 23.7 Å². The zero-order chi connectivity index (χ0) is 12.9. The Labute approximate surface area is 116 Å². The number of hydrogen-bond acceptors (Lipinski definition) is 5. The molecule has 0 bridgehead atoms. The van der Waals surface area contributed by atoms with Gasteiger partial charge in [0.05, 0.1) is 24.5 Å². The second-order valence-corrected chi connectivity index (χ2v) is 5.50. The van der Waals surface area contributed by atoms with Crippen LogP contribution in [0.4, 0.5) is 0 Å². The average molecular weight is 275 g/mol. The summed E-state index contributed by atoms with van der Waals surface area (Å²) in [6, 6.07) is 4.27. The van der Waals surface area contributed by atoms with Crippen molar-refractivity contribution < 1.29 is 4.74 Å². The largest absolute Gasteiger partial charge is 0.492 e. The van der Waals surface area contributed by atoms with Gasteiger partial charge in [0.25, 0.3) is 0 Å². The first kappa shape index (κ1) is 12.6. The molecule has 0 spiro atoms. The van der Waals surface area contributed by atoms with E-state index in [0.717, 1.165) is 24.4 Å². The molecule has 3 heterocycles. The summed E-state index contributed by atoms with van der Waals surface area (Å²) in [4.78, 5) is 8.70. The SMILES string of the molecule is c1cncc(OCCc2csc([C@@H]3CCCN3)n2)c1. The second kappa shape index (κ2) is 6.12. The van der Waals surface area contributed by atoms with Crippen molar-refractivity contribution in [1.29, 1.82) is 0 Å². The summed E-state index contributed by atoms with van der Waals surface area (Å²) >= 11 is 1.75. The van der Waals surface area contributed by atoms with Gasteiger partial charge in [-0.2, -0.15) is 0 Å². The van der Waals surface area contributed by atoms with Crippen LogP contribution in [0.1, 0.15) is 29.6 Å². The number of rotatable bonds is 5. The number of hydrogen-bond donors (Lipinski definition) is 1. The van der Waals surface area contributed by atoms with Crippen molar-refractivity contribution in [1.82, 2.24) is 15.3 Å². The van der Waals surface area contributed by atoms with Crippen LogP contribution in [0.2, 0.25) is 0 Å². The van der Waals surface area contributed by atoms with Crippen molar-refractivity contribution in [3.63, 3.8) is 0 Å². The third-order valence-corrected chi connectivity index (χ3v) is 4.20. The summed E-state index contributed by atoms with van der Waals surface area (Å²) in [5.41, 5.74) is 1.12. The third-order valence-electron chi connectivity index (χ3n) is 3.19. The molecule has 2 aromatic heterocycles. The van der Waals surface area contributed by atoms with Gasteiger partial charge in [0.1, 0.15) is 10.8 Å². The van der Waals surface area contributed by atoms with Crippen molar-refractivity contribution in [3.8, 4) is 5.75 Å². The average Bonchev–Trinajstić information content (AvgIpc) is 3.10. The van der Waals surface area contributed by atoms with Crippen molar-refractivity contribution >= 4 is 11.3 Å². The number of nitrogens with one attached hydrogen (secondary N) is 1. The van der Waals surface area contributed by atoms with Gasteiger partial charge in [-0.15, -0.1) is 11.3 Å². The van der Waals surface area contributed by atoms with Crippen molar-refractivity contribution in [2.75, 3.05) is 13.2 Å². The third kappa shape index (κ3) is 3.30. The summed E-state index contributed by atoms with van der Waals surface area (Å²) in [6.07, 6.45) is 6.78. The monoisotopic (exact) mass is 275 g/mol. The lowest BCUT2D eigenvalue weighted by Gasteiger charge is -2.05. The number of thiazole rings is 1. The van der Waals surface area contributed by atoms with Gasteiger partial charge >= 0.3 is 0 Å². The fourth-order valence-electron chi connectivity index (χ4n) is 2.20. The van der Waals surface area contributed by atoms with E-state index in [2.05, 4.69) is 20.7 Å². The summed E-state index contributed by atoms with van der Waals surface area (Å²) < 4.78 is 5.63. The maximum atomic E-state index is 5.63. The molecule has 1 atom stereocenters. The van der Waals surface area contributed by atoms with Gasteiger partial charge in [-0.05, 0) is 31.5 Å². The van der Waals surface area contributed by atoms with Gasteiger partial charge in [-0.1, -0.05) is 0 Å². The molecule has 0 aromatic carbocycles. The van der Waals surface area contributed by atoms with Crippen LogP contribution in [-0.2, 0) is 6.42 Å². The second-order valence-electron chi connectivity index (χ2n) is 4.61. The smallest absolute Gasteiger partial charge is 0.137 e. The summed E-state index contributed by atoms with van der Waals surface area (Å²) in [5, 5.41) is 6.83. The molecule has 19 heavy (non-hydrogen) atoms. The molecule has 1 saturated heterocycles. The van der Waals surface area contributed by atoms with Crippen LogP contribution in [0.3, 0.4) is 0 Å². The topological polar surface area (TPSA) is 47.0 Å². The highest BCUT2D eigenvalue weighted by Crippen LogP contribution is 2.25. The van der Waals surface area contributed by atoms with E-state index < -0.39 is 0 Å². The molecule has 3 rings (SSSR count). The Kier molecular flexibility index (Phi) is 4.05. The zero-order valence-electron chi connectivity index (χ0n) is 10.7. The lowest BCUT2D eigenvalue weighted by molar-refractivity contribution is 0.319. The predicted octanol–water partition coefficient (Wildman–Crippen LogP) is 2.58. The van der Waals surface area contributed by atoms with E-state index in [-0.39, 0.29) is 0 Å². The van der Waals surface area contributed by atoms with Crippen LogP contribution in [0, 0.1) is 0 Å². The number of pyridine rings is 1. The van der Waals surface area contributed by atoms with E-state index in [4.69, 9.17) is 4.74 Å². The van der Waals surface area contributed by atoms with E-state index in [9.17, 15) is 0 Å². The van der Waals surface area contributed by atoms with Crippen LogP contribution in [0.25, 0.3) is 0 Å². The Hall–Kier alpha value is -1.46. The quantitative estimate of drug-likeness (QED) is 0.911. The van der Waals surface area contributed by atoms with Crippen LogP contribution in [0.15, 0.2) is 29.9 Å². The van der Waals surface area contributed by atoms with Gasteiger partial charge in [-0.3, -0.25) is 4.98 Å². The van der Waals surface area contributed by atoms with Gasteiger partial charge in [-0.25, -0.2) is 4.98 Å². The van der Waals surface area contributed by atoms with Crippen LogP contribution in [-0.4, -0.2) is 23.1 Å². The van der Waals surface area contributed by atoms with E-state index in [1.807, 2.05) is 12.1 Å². The van der Waals surface area contributed by atoms with Crippen molar-refractivity contribution in [3.05, 3.63) is 40.6 Å². The molecule has 1 fully saturated rings. The van der Waals surface area contributed by atoms with Crippen LogP contribution < -0.4 is 10.1 Å². The molecule has 0 saturated carbocycles. The van der Waals surface area contributed by atoms with Gasteiger partial charge < -0.3 is 10.1 Å². The molecule has 0 unspecified atom stereocenters. The molecule has 5 heteroatoms. The first-order chi connectivity index (χ1) is 9.42. The lowest BCUT2D eigenvalue weighted by Crippen LogP contribution is -2.12. The molecule has 0 radical (unpaired) electrons. The molecule has 4 nitrogen and oxygen atoms in total. The summed E-state index contributed by atoms with van der Waals surface area (Å²) in [7, 11) is 0.